The lowest BCUT2D eigenvalue weighted by Crippen LogP contribution is -2.40. The molecule has 0 unspecified atom stereocenters. The van der Waals surface area contributed by atoms with Crippen molar-refractivity contribution in [3.63, 3.8) is 0 Å². The number of carboxylic acids is 1. The Morgan fingerprint density at radius 2 is 1.92 bits per heavy atom. The van der Waals surface area contributed by atoms with Crippen LogP contribution in [0.1, 0.15) is 23.0 Å². The molecule has 3 N–H and O–H groups in total. The van der Waals surface area contributed by atoms with Crippen LogP contribution in [0, 0.1) is 6.92 Å². The van der Waals surface area contributed by atoms with Crippen LogP contribution in [0.25, 0.3) is 11.0 Å². The molecular formula is C16H18N4O5. The van der Waals surface area contributed by atoms with Crippen molar-refractivity contribution in [2.45, 2.75) is 20.4 Å². The Morgan fingerprint density at radius 3 is 2.56 bits per heavy atom. The molecule has 25 heavy (non-hydrogen) atoms. The Bertz CT molecular complexity index is 903. The van der Waals surface area contributed by atoms with E-state index in [9.17, 15) is 19.2 Å². The molecule has 0 aliphatic carbocycles. The second-order valence-corrected chi connectivity index (χ2v) is 5.33. The largest absolute Gasteiger partial charge is 0.480 e. The zero-order chi connectivity index (χ0) is 18.6. The van der Waals surface area contributed by atoms with Crippen LogP contribution in [-0.2, 0) is 16.1 Å². The van der Waals surface area contributed by atoms with Gasteiger partial charge in [0.15, 0.2) is 0 Å². The molecule has 2 aromatic rings. The summed E-state index contributed by atoms with van der Waals surface area (Å²) in [5.41, 5.74) is 0.659. The third-order valence-corrected chi connectivity index (χ3v) is 3.49. The van der Waals surface area contributed by atoms with Crippen LogP contribution in [0.3, 0.4) is 0 Å². The molecular weight excluding hydrogens is 328 g/mol. The summed E-state index contributed by atoms with van der Waals surface area (Å²) < 4.78 is 1.68. The van der Waals surface area contributed by atoms with E-state index in [0.29, 0.717) is 17.6 Å². The van der Waals surface area contributed by atoms with Gasteiger partial charge >= 0.3 is 5.97 Å². The van der Waals surface area contributed by atoms with Crippen LogP contribution < -0.4 is 16.1 Å². The molecule has 0 fully saturated rings. The van der Waals surface area contributed by atoms with E-state index >= 15 is 0 Å². The number of pyridine rings is 2. The molecule has 2 heterocycles. The predicted molar refractivity (Wildman–Crippen MR) is 89.4 cm³/mol. The Hall–Kier alpha value is -3.23. The van der Waals surface area contributed by atoms with E-state index in [1.807, 2.05) is 6.92 Å². The van der Waals surface area contributed by atoms with Crippen molar-refractivity contribution in [1.29, 1.82) is 0 Å². The average Bonchev–Trinajstić information content (AvgIpc) is 2.58. The van der Waals surface area contributed by atoms with Crippen molar-refractivity contribution in [3.05, 3.63) is 39.8 Å². The molecule has 2 aromatic heterocycles. The van der Waals surface area contributed by atoms with E-state index in [2.05, 4.69) is 15.6 Å². The number of aryl methyl sites for hydroxylation is 2. The Balaban J connectivity index is 2.25. The highest BCUT2D eigenvalue weighted by atomic mass is 16.4. The van der Waals surface area contributed by atoms with Crippen LogP contribution in [0.2, 0.25) is 0 Å². The summed E-state index contributed by atoms with van der Waals surface area (Å²) >= 11 is 0. The van der Waals surface area contributed by atoms with E-state index < -0.39 is 36.3 Å². The normalized spacial score (nSPS) is 10.5. The molecule has 132 valence electrons. The minimum Gasteiger partial charge on any atom is -0.480 e. The smallest absolute Gasteiger partial charge is 0.322 e. The summed E-state index contributed by atoms with van der Waals surface area (Å²) in [6.45, 7) is 3.20. The third-order valence-electron chi connectivity index (χ3n) is 3.49. The number of carbonyl (C=O) groups excluding carboxylic acids is 2. The number of nitrogens with one attached hydrogen (secondary N) is 2. The van der Waals surface area contributed by atoms with Gasteiger partial charge in [-0.15, -0.1) is 0 Å². The number of aliphatic carboxylic acids is 1. The Kier molecular flexibility index (Phi) is 5.48. The summed E-state index contributed by atoms with van der Waals surface area (Å²) in [6.07, 6.45) is 1.40. The van der Waals surface area contributed by atoms with Crippen LogP contribution >= 0.6 is 0 Å². The lowest BCUT2D eigenvalue weighted by Gasteiger charge is -2.11. The predicted octanol–water partition coefficient (Wildman–Crippen LogP) is -0.345. The fraction of sp³-hybridized carbons (Fsp3) is 0.312. The van der Waals surface area contributed by atoms with E-state index in [1.165, 1.54) is 6.20 Å². The summed E-state index contributed by atoms with van der Waals surface area (Å²) in [5, 5.41) is 13.2. The van der Waals surface area contributed by atoms with Crippen LogP contribution in [0.15, 0.2) is 23.1 Å². The average molecular weight is 346 g/mol. The maximum absolute atomic E-state index is 12.5. The van der Waals surface area contributed by atoms with Crippen molar-refractivity contribution in [3.8, 4) is 0 Å². The highest BCUT2D eigenvalue weighted by Gasteiger charge is 2.16. The number of fused-ring (bicyclic) bond motifs is 1. The van der Waals surface area contributed by atoms with Gasteiger partial charge in [0, 0.05) is 18.4 Å². The van der Waals surface area contributed by atoms with Gasteiger partial charge in [0.2, 0.25) is 11.3 Å². The second-order valence-electron chi connectivity index (χ2n) is 5.33. The molecule has 0 saturated carbocycles. The van der Waals surface area contributed by atoms with Gasteiger partial charge in [0.25, 0.3) is 5.91 Å². The number of hydrogen-bond acceptors (Lipinski definition) is 5. The highest BCUT2D eigenvalue weighted by Crippen LogP contribution is 2.10. The summed E-state index contributed by atoms with van der Waals surface area (Å²) in [7, 11) is 0. The summed E-state index contributed by atoms with van der Waals surface area (Å²) in [6, 6.07) is 3.30. The molecule has 9 nitrogen and oxygen atoms in total. The fourth-order valence-corrected chi connectivity index (χ4v) is 2.26. The molecule has 2 rings (SSSR count). The minimum absolute atomic E-state index is 0.106. The van der Waals surface area contributed by atoms with Gasteiger partial charge in [0.1, 0.15) is 17.8 Å². The van der Waals surface area contributed by atoms with Gasteiger partial charge in [-0.05, 0) is 26.0 Å². The first-order valence-electron chi connectivity index (χ1n) is 7.61. The SMILES string of the molecule is CCn1cc(C(=O)NCC(=O)NCC(=O)O)c(=O)c2ccc(C)nc21. The maximum atomic E-state index is 12.5. The topological polar surface area (TPSA) is 130 Å². The van der Waals surface area contributed by atoms with Crippen molar-refractivity contribution < 1.29 is 19.5 Å². The van der Waals surface area contributed by atoms with Gasteiger partial charge in [0.05, 0.1) is 11.9 Å². The number of nitrogens with zero attached hydrogens (tertiary/aromatic N) is 2. The molecule has 0 spiro atoms. The number of amides is 2. The zero-order valence-corrected chi connectivity index (χ0v) is 13.8. The lowest BCUT2D eigenvalue weighted by molar-refractivity contribution is -0.137. The first-order valence-corrected chi connectivity index (χ1v) is 7.61. The van der Waals surface area contributed by atoms with Crippen molar-refractivity contribution in [2.24, 2.45) is 0 Å². The molecule has 0 aromatic carbocycles. The zero-order valence-electron chi connectivity index (χ0n) is 13.8. The standard InChI is InChI=1S/C16H18N4O5/c1-3-20-8-11(14(24)10-5-4-9(2)19-15(10)20)16(25)18-6-12(21)17-7-13(22)23/h4-5,8H,3,6-7H2,1-2H3,(H,17,21)(H,18,25)(H,22,23). The number of carbonyl (C=O) groups is 3. The van der Waals surface area contributed by atoms with Crippen molar-refractivity contribution in [1.82, 2.24) is 20.2 Å². The first kappa shape index (κ1) is 18.1. The number of rotatable bonds is 6. The van der Waals surface area contributed by atoms with E-state index in [0.717, 1.165) is 5.69 Å². The van der Waals surface area contributed by atoms with Gasteiger partial charge in [-0.1, -0.05) is 0 Å². The first-order chi connectivity index (χ1) is 11.8. The summed E-state index contributed by atoms with van der Waals surface area (Å²) in [5.74, 6) is -2.56. The van der Waals surface area contributed by atoms with Gasteiger partial charge in [-0.25, -0.2) is 4.98 Å². The number of carboxylic acid groups (broad SMARTS) is 1. The maximum Gasteiger partial charge on any atom is 0.322 e. The van der Waals surface area contributed by atoms with E-state index in [-0.39, 0.29) is 5.56 Å². The van der Waals surface area contributed by atoms with Gasteiger partial charge in [-0.3, -0.25) is 19.2 Å². The van der Waals surface area contributed by atoms with Crippen molar-refractivity contribution in [2.75, 3.05) is 13.1 Å². The summed E-state index contributed by atoms with van der Waals surface area (Å²) in [4.78, 5) is 50.9. The Labute approximate surface area is 142 Å². The highest BCUT2D eigenvalue weighted by molar-refractivity contribution is 5.98. The molecule has 2 amide bonds. The molecule has 0 aliphatic heterocycles. The van der Waals surface area contributed by atoms with E-state index in [1.54, 1.807) is 23.6 Å². The number of aromatic nitrogens is 2. The van der Waals surface area contributed by atoms with Gasteiger partial charge < -0.3 is 20.3 Å². The molecule has 0 bridgehead atoms. The number of hydrogen-bond donors (Lipinski definition) is 3. The van der Waals surface area contributed by atoms with Crippen molar-refractivity contribution >= 4 is 28.8 Å². The van der Waals surface area contributed by atoms with Crippen LogP contribution in [0.4, 0.5) is 0 Å². The molecule has 0 radical (unpaired) electrons. The fourth-order valence-electron chi connectivity index (χ4n) is 2.26. The quantitative estimate of drug-likeness (QED) is 0.656. The Morgan fingerprint density at radius 1 is 1.20 bits per heavy atom. The minimum atomic E-state index is -1.19. The molecule has 0 saturated heterocycles. The molecule has 0 aliphatic rings. The monoisotopic (exact) mass is 346 g/mol. The lowest BCUT2D eigenvalue weighted by atomic mass is 10.1. The van der Waals surface area contributed by atoms with E-state index in [4.69, 9.17) is 5.11 Å². The molecule has 0 atom stereocenters. The van der Waals surface area contributed by atoms with Gasteiger partial charge in [-0.2, -0.15) is 0 Å². The second kappa shape index (κ2) is 7.56. The van der Waals surface area contributed by atoms with Crippen LogP contribution in [0.5, 0.6) is 0 Å². The molecule has 9 heteroatoms. The third kappa shape index (κ3) is 4.19. The van der Waals surface area contributed by atoms with Crippen LogP contribution in [-0.4, -0.2) is 45.5 Å².